The second-order valence-electron chi connectivity index (χ2n) is 12.1. The predicted molar refractivity (Wildman–Crippen MR) is 105 cm³/mol. The monoisotopic (exact) mass is 360 g/mol. The van der Waals surface area contributed by atoms with E-state index in [1.807, 2.05) is 0 Å². The molecule has 5 aliphatic rings. The molecular weight excluding hydrogens is 320 g/mol. The van der Waals surface area contributed by atoms with Crippen LogP contribution in [0.25, 0.3) is 0 Å². The van der Waals surface area contributed by atoms with Gasteiger partial charge >= 0.3 is 0 Å². The zero-order valence-electron chi connectivity index (χ0n) is 17.5. The second kappa shape index (κ2) is 5.09. The van der Waals surface area contributed by atoms with Crippen LogP contribution in [0.1, 0.15) is 91.9 Å². The summed E-state index contributed by atoms with van der Waals surface area (Å²) < 4.78 is 0. The Kier molecular flexibility index (Phi) is 3.52. The summed E-state index contributed by atoms with van der Waals surface area (Å²) >= 11 is 0. The number of fused-ring (bicyclic) bond motifs is 2. The molecule has 0 heterocycles. The molecule has 2 spiro atoms. The van der Waals surface area contributed by atoms with Gasteiger partial charge in [-0.05, 0) is 109 Å². The molecule has 0 radical (unpaired) electrons. The maximum atomic E-state index is 10.7. The molecule has 0 aromatic carbocycles. The topological polar surface area (TPSA) is 40.5 Å². The Morgan fingerprint density at radius 3 is 2.19 bits per heavy atom. The van der Waals surface area contributed by atoms with Crippen molar-refractivity contribution < 1.29 is 10.2 Å². The van der Waals surface area contributed by atoms with Crippen LogP contribution in [0.15, 0.2) is 0 Å². The average molecular weight is 361 g/mol. The standard InChI is InChI=1S/C24H40O2/c1-20(2)17-5-6-18-22(4)10-7-16(9-14-25)21(22,3)12-13-24(18)15-23(17,24)11-8-19(20)26/h16-19,25-26H,5-15H2,1-4H3/t16?,17?,18?,19-,21+,22-,23+,24-/m0/s1. The fourth-order valence-electron chi connectivity index (χ4n) is 10.1. The van der Waals surface area contributed by atoms with E-state index in [4.69, 9.17) is 0 Å². The van der Waals surface area contributed by atoms with Crippen LogP contribution in [0.2, 0.25) is 0 Å². The van der Waals surface area contributed by atoms with E-state index in [-0.39, 0.29) is 11.5 Å². The van der Waals surface area contributed by atoms with E-state index in [0.717, 1.165) is 30.6 Å². The number of hydrogen-bond donors (Lipinski definition) is 2. The van der Waals surface area contributed by atoms with Gasteiger partial charge in [0, 0.05) is 6.61 Å². The molecule has 2 heteroatoms. The second-order valence-corrected chi connectivity index (χ2v) is 12.1. The van der Waals surface area contributed by atoms with Crippen molar-refractivity contribution in [2.75, 3.05) is 6.61 Å². The summed E-state index contributed by atoms with van der Waals surface area (Å²) in [6, 6.07) is 0. The van der Waals surface area contributed by atoms with Crippen molar-refractivity contribution >= 4 is 0 Å². The normalized spacial score (nSPS) is 59.8. The first kappa shape index (κ1) is 18.0. The van der Waals surface area contributed by atoms with Crippen LogP contribution in [-0.2, 0) is 0 Å². The average Bonchev–Trinajstić information content (AvgIpc) is 3.19. The quantitative estimate of drug-likeness (QED) is 0.713. The Morgan fingerprint density at radius 1 is 0.769 bits per heavy atom. The van der Waals surface area contributed by atoms with E-state index in [1.165, 1.54) is 51.4 Å². The summed E-state index contributed by atoms with van der Waals surface area (Å²) in [5, 5.41) is 20.3. The van der Waals surface area contributed by atoms with Gasteiger partial charge in [-0.3, -0.25) is 0 Å². The SMILES string of the molecule is CC1(C)C2CCC3[C@]4(CC[C@]5(C)C(CCO)CC[C@@]35C)C[C@]24CC[C@@H]1O. The molecule has 2 N–H and O–H groups in total. The van der Waals surface area contributed by atoms with Crippen molar-refractivity contribution in [3.05, 3.63) is 0 Å². The molecule has 26 heavy (non-hydrogen) atoms. The fourth-order valence-corrected chi connectivity index (χ4v) is 10.1. The maximum absolute atomic E-state index is 10.7. The molecule has 0 saturated heterocycles. The van der Waals surface area contributed by atoms with Crippen LogP contribution in [0.3, 0.4) is 0 Å². The minimum Gasteiger partial charge on any atom is -0.396 e. The molecule has 5 fully saturated rings. The molecule has 0 aliphatic heterocycles. The van der Waals surface area contributed by atoms with E-state index in [0.29, 0.717) is 28.3 Å². The third-order valence-electron chi connectivity index (χ3n) is 11.8. The van der Waals surface area contributed by atoms with Gasteiger partial charge in [-0.25, -0.2) is 0 Å². The van der Waals surface area contributed by atoms with Crippen LogP contribution in [-0.4, -0.2) is 22.9 Å². The van der Waals surface area contributed by atoms with Gasteiger partial charge in [-0.15, -0.1) is 0 Å². The van der Waals surface area contributed by atoms with Crippen LogP contribution in [0.5, 0.6) is 0 Å². The van der Waals surface area contributed by atoms with Crippen LogP contribution >= 0.6 is 0 Å². The van der Waals surface area contributed by atoms with E-state index in [9.17, 15) is 10.2 Å². The number of hydrogen-bond acceptors (Lipinski definition) is 2. The van der Waals surface area contributed by atoms with E-state index < -0.39 is 0 Å². The zero-order valence-corrected chi connectivity index (χ0v) is 17.5. The lowest BCUT2D eigenvalue weighted by atomic mass is 9.42. The minimum absolute atomic E-state index is 0.0998. The van der Waals surface area contributed by atoms with Crippen molar-refractivity contribution in [1.82, 2.24) is 0 Å². The van der Waals surface area contributed by atoms with E-state index in [2.05, 4.69) is 27.7 Å². The van der Waals surface area contributed by atoms with Gasteiger partial charge < -0.3 is 10.2 Å². The highest BCUT2D eigenvalue weighted by Crippen LogP contribution is 2.88. The van der Waals surface area contributed by atoms with Gasteiger partial charge in [0.05, 0.1) is 6.10 Å². The third-order valence-corrected chi connectivity index (χ3v) is 11.8. The number of aliphatic hydroxyl groups is 2. The highest BCUT2D eigenvalue weighted by molar-refractivity contribution is 5.30. The molecule has 0 aromatic heterocycles. The maximum Gasteiger partial charge on any atom is 0.0594 e. The molecule has 2 nitrogen and oxygen atoms in total. The fraction of sp³-hybridized carbons (Fsp3) is 1.00. The Hall–Kier alpha value is -0.0800. The molecular formula is C24H40O2. The summed E-state index contributed by atoms with van der Waals surface area (Å²) in [5.41, 5.74) is 2.16. The van der Waals surface area contributed by atoms with Gasteiger partial charge in [0.2, 0.25) is 0 Å². The van der Waals surface area contributed by atoms with Crippen LogP contribution < -0.4 is 0 Å². The summed E-state index contributed by atoms with van der Waals surface area (Å²) in [5.74, 6) is 2.35. The summed E-state index contributed by atoms with van der Waals surface area (Å²) in [7, 11) is 0. The zero-order chi connectivity index (χ0) is 18.6. The molecule has 148 valence electrons. The molecule has 0 bridgehead atoms. The van der Waals surface area contributed by atoms with Crippen molar-refractivity contribution in [3.8, 4) is 0 Å². The number of rotatable bonds is 2. The molecule has 8 atom stereocenters. The summed E-state index contributed by atoms with van der Waals surface area (Å²) in [6.07, 6.45) is 12.9. The molecule has 3 unspecified atom stereocenters. The third kappa shape index (κ3) is 1.74. The van der Waals surface area contributed by atoms with Gasteiger partial charge in [-0.2, -0.15) is 0 Å². The lowest BCUT2D eigenvalue weighted by molar-refractivity contribution is -0.159. The smallest absolute Gasteiger partial charge is 0.0594 e. The highest BCUT2D eigenvalue weighted by atomic mass is 16.3. The van der Waals surface area contributed by atoms with Crippen molar-refractivity contribution in [2.24, 2.45) is 44.8 Å². The molecule has 5 aliphatic carbocycles. The highest BCUT2D eigenvalue weighted by Gasteiger charge is 2.81. The van der Waals surface area contributed by atoms with Gasteiger partial charge in [0.1, 0.15) is 0 Å². The number of aliphatic hydroxyl groups excluding tert-OH is 2. The molecule has 0 amide bonds. The first-order chi connectivity index (χ1) is 12.2. The Balaban J connectivity index is 1.52. The van der Waals surface area contributed by atoms with E-state index in [1.54, 1.807) is 0 Å². The van der Waals surface area contributed by atoms with Gasteiger partial charge in [-0.1, -0.05) is 27.7 Å². The van der Waals surface area contributed by atoms with Crippen LogP contribution in [0.4, 0.5) is 0 Å². The Bertz CT molecular complexity index is 613. The first-order valence-corrected chi connectivity index (χ1v) is 11.5. The molecule has 5 rings (SSSR count). The van der Waals surface area contributed by atoms with Crippen LogP contribution in [0, 0.1) is 44.8 Å². The molecule has 5 saturated carbocycles. The lowest BCUT2D eigenvalue weighted by Gasteiger charge is -2.63. The molecule has 0 aromatic rings. The van der Waals surface area contributed by atoms with Crippen molar-refractivity contribution in [3.63, 3.8) is 0 Å². The van der Waals surface area contributed by atoms with Crippen molar-refractivity contribution in [2.45, 2.75) is 98.0 Å². The summed E-state index contributed by atoms with van der Waals surface area (Å²) in [6.45, 7) is 10.3. The van der Waals surface area contributed by atoms with E-state index >= 15 is 0 Å². The minimum atomic E-state index is -0.0998. The summed E-state index contributed by atoms with van der Waals surface area (Å²) in [4.78, 5) is 0. The predicted octanol–water partition coefficient (Wildman–Crippen LogP) is 5.17. The first-order valence-electron chi connectivity index (χ1n) is 11.5. The Labute approximate surface area is 160 Å². The largest absolute Gasteiger partial charge is 0.396 e. The van der Waals surface area contributed by atoms with Gasteiger partial charge in [0.15, 0.2) is 0 Å². The lowest BCUT2D eigenvalue weighted by Crippen LogP contribution is -2.57. The van der Waals surface area contributed by atoms with Gasteiger partial charge in [0.25, 0.3) is 0 Å². The Morgan fingerprint density at radius 2 is 1.46 bits per heavy atom. The van der Waals surface area contributed by atoms with Crippen molar-refractivity contribution in [1.29, 1.82) is 0 Å².